The summed E-state index contributed by atoms with van der Waals surface area (Å²) >= 11 is 0. The number of ether oxygens (including phenoxy) is 1. The van der Waals surface area contributed by atoms with E-state index in [2.05, 4.69) is 12.2 Å². The monoisotopic (exact) mass is 517 g/mol. The topological polar surface area (TPSA) is 55.4 Å². The lowest BCUT2D eigenvalue weighted by Crippen LogP contribution is -2.39. The number of rotatable bonds is 19. The van der Waals surface area contributed by atoms with Gasteiger partial charge in [-0.15, -0.1) is 0 Å². The molecule has 1 unspecified atom stereocenters. The number of nitrogens with one attached hydrogen (secondary N) is 1. The highest BCUT2D eigenvalue weighted by Gasteiger charge is 2.34. The third-order valence-corrected chi connectivity index (χ3v) is 6.23. The molecule has 0 aliphatic carbocycles. The van der Waals surface area contributed by atoms with Crippen molar-refractivity contribution in [2.45, 2.75) is 122 Å². The summed E-state index contributed by atoms with van der Waals surface area (Å²) in [5.41, 5.74) is -1.75. The van der Waals surface area contributed by atoms with Gasteiger partial charge >= 0.3 is 12.1 Å². The van der Waals surface area contributed by atoms with Crippen LogP contribution in [0.4, 0.5) is 17.6 Å². The highest BCUT2D eigenvalue weighted by atomic mass is 19.4. The number of hydrogen-bond donors (Lipinski definition) is 1. The summed E-state index contributed by atoms with van der Waals surface area (Å²) in [5.74, 6) is -3.03. The molecule has 0 radical (unpaired) electrons. The van der Waals surface area contributed by atoms with Crippen LogP contribution in [0.3, 0.4) is 0 Å². The fourth-order valence-electron chi connectivity index (χ4n) is 4.00. The van der Waals surface area contributed by atoms with E-state index in [-0.39, 0.29) is 12.2 Å². The van der Waals surface area contributed by atoms with Crippen LogP contribution >= 0.6 is 0 Å². The molecule has 0 fully saturated rings. The summed E-state index contributed by atoms with van der Waals surface area (Å²) in [6, 6.07) is 0.879. The number of benzene rings is 1. The van der Waals surface area contributed by atoms with Crippen LogP contribution < -0.4 is 5.32 Å². The molecule has 1 aromatic carbocycles. The Morgan fingerprint density at radius 2 is 1.31 bits per heavy atom. The van der Waals surface area contributed by atoms with Gasteiger partial charge in [0.25, 0.3) is 5.91 Å². The molecule has 4 nitrogen and oxygen atoms in total. The van der Waals surface area contributed by atoms with E-state index in [9.17, 15) is 27.2 Å². The molecule has 8 heteroatoms. The van der Waals surface area contributed by atoms with E-state index in [4.69, 9.17) is 4.74 Å². The average Bonchev–Trinajstić information content (AvgIpc) is 2.82. The lowest BCUT2D eigenvalue weighted by atomic mass is 10.0. The van der Waals surface area contributed by atoms with E-state index < -0.39 is 35.5 Å². The number of alkyl halides is 3. The first-order valence-electron chi connectivity index (χ1n) is 13.5. The molecule has 0 aliphatic rings. The third-order valence-electron chi connectivity index (χ3n) is 6.23. The number of carbonyl (C=O) groups is 2. The van der Waals surface area contributed by atoms with E-state index >= 15 is 0 Å². The molecular formula is C28H43F4NO3. The predicted octanol–water partition coefficient (Wildman–Crippen LogP) is 8.38. The van der Waals surface area contributed by atoms with Crippen molar-refractivity contribution >= 4 is 11.9 Å². The molecule has 36 heavy (non-hydrogen) atoms. The van der Waals surface area contributed by atoms with Crippen LogP contribution in [0.2, 0.25) is 0 Å². The van der Waals surface area contributed by atoms with Gasteiger partial charge in [-0.05, 0) is 31.5 Å². The summed E-state index contributed by atoms with van der Waals surface area (Å²) in [4.78, 5) is 24.2. The summed E-state index contributed by atoms with van der Waals surface area (Å²) in [5, 5.41) is 2.32. The number of esters is 1. The maximum atomic E-state index is 13.7. The normalized spacial score (nSPS) is 12.4. The first-order valence-corrected chi connectivity index (χ1v) is 13.5. The maximum Gasteiger partial charge on any atom is 0.419 e. The van der Waals surface area contributed by atoms with Crippen LogP contribution in [-0.2, 0) is 15.7 Å². The molecule has 0 spiro atoms. The molecule has 1 rings (SSSR count). The Kier molecular flexibility index (Phi) is 16.1. The van der Waals surface area contributed by atoms with Crippen molar-refractivity contribution in [3.8, 4) is 0 Å². The van der Waals surface area contributed by atoms with Gasteiger partial charge in [0.1, 0.15) is 11.9 Å². The minimum absolute atomic E-state index is 0.242. The molecule has 1 atom stereocenters. The fourth-order valence-corrected chi connectivity index (χ4v) is 4.00. The molecule has 1 amide bonds. The Morgan fingerprint density at radius 3 is 1.75 bits per heavy atom. The van der Waals surface area contributed by atoms with Crippen LogP contribution in [0.5, 0.6) is 0 Å². The second-order valence-corrected chi connectivity index (χ2v) is 9.50. The zero-order valence-corrected chi connectivity index (χ0v) is 21.9. The third kappa shape index (κ3) is 13.8. The van der Waals surface area contributed by atoms with Gasteiger partial charge in [-0.3, -0.25) is 4.79 Å². The molecule has 0 heterocycles. The Labute approximate surface area is 213 Å². The van der Waals surface area contributed by atoms with Gasteiger partial charge in [-0.1, -0.05) is 96.8 Å². The second-order valence-electron chi connectivity index (χ2n) is 9.50. The molecule has 0 aliphatic heterocycles. The number of unbranched alkanes of at least 4 members (excludes halogenated alkanes) is 14. The Hall–Kier alpha value is -2.12. The standard InChI is InChI=1S/C28H43F4NO3/c1-3-4-5-6-7-8-9-10-11-12-13-14-15-16-17-20-36-27(35)22(2)33-26(34)23-18-19-24(25(29)21-23)28(30,31)32/h18-19,21-22H,3-17,20H2,1-2H3,(H,33,34). The van der Waals surface area contributed by atoms with Crippen molar-refractivity contribution in [1.29, 1.82) is 0 Å². The SMILES string of the molecule is CCCCCCCCCCCCCCCCCOC(=O)C(C)NC(=O)c1ccc(C(F)(F)F)c(F)c1. The first kappa shape index (κ1) is 31.9. The van der Waals surface area contributed by atoms with Crippen LogP contribution in [0.1, 0.15) is 126 Å². The van der Waals surface area contributed by atoms with Crippen LogP contribution in [0.15, 0.2) is 18.2 Å². The zero-order chi connectivity index (χ0) is 26.8. The summed E-state index contributed by atoms with van der Waals surface area (Å²) in [6.07, 6.45) is 13.7. The van der Waals surface area contributed by atoms with E-state index in [0.717, 1.165) is 25.3 Å². The van der Waals surface area contributed by atoms with Crippen LogP contribution in [0.25, 0.3) is 0 Å². The molecular weight excluding hydrogens is 474 g/mol. The molecule has 1 aromatic rings. The molecule has 1 N–H and O–H groups in total. The van der Waals surface area contributed by atoms with Crippen molar-refractivity contribution in [2.75, 3.05) is 6.61 Å². The van der Waals surface area contributed by atoms with Crippen molar-refractivity contribution in [2.24, 2.45) is 0 Å². The lowest BCUT2D eigenvalue weighted by Gasteiger charge is -2.14. The minimum atomic E-state index is -4.84. The fraction of sp³-hybridized carbons (Fsp3) is 0.714. The van der Waals surface area contributed by atoms with E-state index in [1.165, 1.54) is 84.0 Å². The Morgan fingerprint density at radius 1 is 0.833 bits per heavy atom. The smallest absolute Gasteiger partial charge is 0.419 e. The maximum absolute atomic E-state index is 13.7. The second kappa shape index (κ2) is 18.2. The van der Waals surface area contributed by atoms with Crippen LogP contribution in [0, 0.1) is 5.82 Å². The average molecular weight is 518 g/mol. The lowest BCUT2D eigenvalue weighted by molar-refractivity contribution is -0.145. The zero-order valence-electron chi connectivity index (χ0n) is 21.9. The van der Waals surface area contributed by atoms with Gasteiger partial charge in [-0.25, -0.2) is 9.18 Å². The predicted molar refractivity (Wildman–Crippen MR) is 134 cm³/mol. The number of halogens is 4. The van der Waals surface area contributed by atoms with Gasteiger partial charge < -0.3 is 10.1 Å². The van der Waals surface area contributed by atoms with Crippen molar-refractivity contribution in [3.63, 3.8) is 0 Å². The number of carbonyl (C=O) groups excluding carboxylic acids is 2. The molecule has 206 valence electrons. The number of hydrogen-bond acceptors (Lipinski definition) is 3. The Bertz CT molecular complexity index is 768. The molecule has 0 saturated heterocycles. The van der Waals surface area contributed by atoms with Gasteiger partial charge in [-0.2, -0.15) is 13.2 Å². The summed E-state index contributed by atoms with van der Waals surface area (Å²) in [6.45, 7) is 3.89. The minimum Gasteiger partial charge on any atom is -0.464 e. The van der Waals surface area contributed by atoms with Crippen molar-refractivity contribution in [1.82, 2.24) is 5.32 Å². The van der Waals surface area contributed by atoms with Gasteiger partial charge in [0.15, 0.2) is 0 Å². The van der Waals surface area contributed by atoms with Gasteiger partial charge in [0, 0.05) is 5.56 Å². The molecule has 0 saturated carbocycles. The molecule has 0 bridgehead atoms. The highest BCUT2D eigenvalue weighted by Crippen LogP contribution is 2.31. The van der Waals surface area contributed by atoms with Gasteiger partial charge in [0.05, 0.1) is 12.2 Å². The summed E-state index contributed by atoms with van der Waals surface area (Å²) < 4.78 is 56.7. The van der Waals surface area contributed by atoms with E-state index in [0.29, 0.717) is 12.1 Å². The highest BCUT2D eigenvalue weighted by molar-refractivity contribution is 5.96. The van der Waals surface area contributed by atoms with E-state index in [1.54, 1.807) is 0 Å². The van der Waals surface area contributed by atoms with E-state index in [1.807, 2.05) is 0 Å². The van der Waals surface area contributed by atoms with Crippen molar-refractivity contribution in [3.05, 3.63) is 35.1 Å². The quantitative estimate of drug-likeness (QED) is 0.114. The van der Waals surface area contributed by atoms with Crippen LogP contribution in [-0.4, -0.2) is 24.5 Å². The van der Waals surface area contributed by atoms with Gasteiger partial charge in [0.2, 0.25) is 0 Å². The largest absolute Gasteiger partial charge is 0.464 e. The summed E-state index contributed by atoms with van der Waals surface area (Å²) in [7, 11) is 0. The first-order chi connectivity index (χ1) is 17.2. The molecule has 0 aromatic heterocycles. The van der Waals surface area contributed by atoms with Crippen molar-refractivity contribution < 1.29 is 31.9 Å². The Balaban J connectivity index is 2.06. The number of amides is 1.